The first-order valence-corrected chi connectivity index (χ1v) is 4.51. The molecule has 0 aromatic carbocycles. The van der Waals surface area contributed by atoms with E-state index in [4.69, 9.17) is 0 Å². The number of rotatable bonds is 1. The number of amides is 1. The molecule has 1 aliphatic carbocycles. The van der Waals surface area contributed by atoms with Gasteiger partial charge in [0.2, 0.25) is 0 Å². The van der Waals surface area contributed by atoms with Crippen LogP contribution in [-0.4, -0.2) is 19.1 Å². The number of carbonyl (C=O) groups excluding carboxylic acids is 1. The van der Waals surface area contributed by atoms with E-state index in [9.17, 15) is 18.0 Å². The van der Waals surface area contributed by atoms with Crippen LogP contribution < -0.4 is 5.32 Å². The average Bonchev–Trinajstić information content (AvgIpc) is 2.14. The van der Waals surface area contributed by atoms with Crippen molar-refractivity contribution in [1.82, 2.24) is 5.32 Å². The van der Waals surface area contributed by atoms with Crippen LogP contribution in [0.5, 0.6) is 0 Å². The second-order valence-electron chi connectivity index (χ2n) is 3.04. The predicted molar refractivity (Wildman–Crippen MR) is 54.6 cm³/mol. The third-order valence-electron chi connectivity index (χ3n) is 1.90. The van der Waals surface area contributed by atoms with Crippen molar-refractivity contribution in [3.05, 3.63) is 47.6 Å². The standard InChI is InChI=1S/C11H10F3NO/c1-15-10(16)8-5-3-2-4-6-9(7-8)11(12,13)14/h2-7H,1H3,(H,15,16). The molecule has 0 heterocycles. The number of alkyl halides is 3. The molecule has 0 aromatic heterocycles. The topological polar surface area (TPSA) is 29.1 Å². The minimum Gasteiger partial charge on any atom is -0.355 e. The van der Waals surface area contributed by atoms with Crippen molar-refractivity contribution < 1.29 is 18.0 Å². The Balaban J connectivity index is 3.13. The van der Waals surface area contributed by atoms with Gasteiger partial charge < -0.3 is 5.32 Å². The van der Waals surface area contributed by atoms with Crippen LogP contribution in [0.3, 0.4) is 0 Å². The van der Waals surface area contributed by atoms with E-state index in [1.54, 1.807) is 0 Å². The number of carbonyl (C=O) groups is 1. The molecule has 2 nitrogen and oxygen atoms in total. The van der Waals surface area contributed by atoms with Crippen LogP contribution in [0.4, 0.5) is 13.2 Å². The van der Waals surface area contributed by atoms with Crippen LogP contribution in [-0.2, 0) is 4.79 Å². The van der Waals surface area contributed by atoms with Gasteiger partial charge in [0, 0.05) is 12.6 Å². The maximum absolute atomic E-state index is 12.5. The molecule has 1 aliphatic rings. The molecule has 0 spiro atoms. The van der Waals surface area contributed by atoms with Crippen molar-refractivity contribution in [3.63, 3.8) is 0 Å². The van der Waals surface area contributed by atoms with E-state index in [1.165, 1.54) is 31.4 Å². The molecular formula is C11H10F3NO. The largest absolute Gasteiger partial charge is 0.416 e. The minimum atomic E-state index is -4.46. The number of halogens is 3. The smallest absolute Gasteiger partial charge is 0.355 e. The lowest BCUT2D eigenvalue weighted by Gasteiger charge is -2.09. The highest BCUT2D eigenvalue weighted by molar-refractivity contribution is 5.96. The summed E-state index contributed by atoms with van der Waals surface area (Å²) in [6.07, 6.45) is 2.82. The summed E-state index contributed by atoms with van der Waals surface area (Å²) in [6.45, 7) is 0. The molecule has 1 rings (SSSR count). The van der Waals surface area contributed by atoms with Gasteiger partial charge in [0.15, 0.2) is 0 Å². The van der Waals surface area contributed by atoms with Gasteiger partial charge >= 0.3 is 6.18 Å². The SMILES string of the molecule is CNC(=O)C1=CC(C(F)(F)F)=CC=CC=C1. The Labute approximate surface area is 90.8 Å². The van der Waals surface area contributed by atoms with Gasteiger partial charge in [-0.3, -0.25) is 4.79 Å². The fraction of sp³-hybridized carbons (Fsp3) is 0.182. The van der Waals surface area contributed by atoms with Gasteiger partial charge in [0.25, 0.3) is 5.91 Å². The third kappa shape index (κ3) is 3.12. The number of nitrogens with one attached hydrogen (secondary N) is 1. The van der Waals surface area contributed by atoms with Gasteiger partial charge in [0.05, 0.1) is 5.57 Å². The van der Waals surface area contributed by atoms with Crippen LogP contribution in [0, 0.1) is 0 Å². The van der Waals surface area contributed by atoms with Crippen molar-refractivity contribution >= 4 is 5.91 Å². The van der Waals surface area contributed by atoms with Gasteiger partial charge in [-0.05, 0) is 18.2 Å². The lowest BCUT2D eigenvalue weighted by Crippen LogP contribution is -2.20. The highest BCUT2D eigenvalue weighted by Gasteiger charge is 2.32. The molecule has 1 amide bonds. The predicted octanol–water partition coefficient (Wildman–Crippen LogP) is 2.27. The molecule has 0 bridgehead atoms. The summed E-state index contributed by atoms with van der Waals surface area (Å²) in [7, 11) is 1.36. The van der Waals surface area contributed by atoms with Gasteiger partial charge in [-0.25, -0.2) is 0 Å². The van der Waals surface area contributed by atoms with Crippen molar-refractivity contribution in [2.45, 2.75) is 6.18 Å². The molecule has 86 valence electrons. The van der Waals surface area contributed by atoms with E-state index in [-0.39, 0.29) is 5.57 Å². The number of allylic oxidation sites excluding steroid dienone is 6. The zero-order chi connectivity index (χ0) is 12.2. The van der Waals surface area contributed by atoms with E-state index in [1.807, 2.05) is 0 Å². The summed E-state index contributed by atoms with van der Waals surface area (Å²) in [5.41, 5.74) is -0.887. The molecule has 0 radical (unpaired) electrons. The molecule has 0 aliphatic heterocycles. The van der Waals surface area contributed by atoms with Crippen molar-refractivity contribution in [2.75, 3.05) is 7.05 Å². The second-order valence-corrected chi connectivity index (χ2v) is 3.04. The molecule has 0 unspecified atom stereocenters. The zero-order valence-electron chi connectivity index (χ0n) is 8.51. The lowest BCUT2D eigenvalue weighted by molar-refractivity contribution is -0.116. The molecule has 0 aromatic rings. The maximum Gasteiger partial charge on any atom is 0.416 e. The maximum atomic E-state index is 12.5. The van der Waals surface area contributed by atoms with Gasteiger partial charge in [-0.1, -0.05) is 18.2 Å². The fourth-order valence-corrected chi connectivity index (χ4v) is 1.11. The fourth-order valence-electron chi connectivity index (χ4n) is 1.11. The normalized spacial score (nSPS) is 16.0. The summed E-state index contributed by atoms with van der Waals surface area (Å²) in [5, 5.41) is 2.28. The summed E-state index contributed by atoms with van der Waals surface area (Å²) in [6, 6.07) is 0. The van der Waals surface area contributed by atoms with Gasteiger partial charge in [-0.2, -0.15) is 13.2 Å². The molecule has 0 saturated heterocycles. The van der Waals surface area contributed by atoms with Crippen LogP contribution in [0.2, 0.25) is 0 Å². The Kier molecular flexibility index (Phi) is 3.71. The summed E-state index contributed by atoms with van der Waals surface area (Å²) in [5.74, 6) is -0.554. The van der Waals surface area contributed by atoms with Gasteiger partial charge in [-0.15, -0.1) is 0 Å². The van der Waals surface area contributed by atoms with Crippen molar-refractivity contribution in [1.29, 1.82) is 0 Å². The lowest BCUT2D eigenvalue weighted by atomic mass is 10.1. The first kappa shape index (κ1) is 12.3. The van der Waals surface area contributed by atoms with Crippen LogP contribution in [0.1, 0.15) is 0 Å². The van der Waals surface area contributed by atoms with Crippen molar-refractivity contribution in [2.24, 2.45) is 0 Å². The van der Waals surface area contributed by atoms with E-state index in [0.717, 1.165) is 12.2 Å². The number of hydrogen-bond acceptors (Lipinski definition) is 1. The Hall–Kier alpha value is -1.78. The monoisotopic (exact) mass is 229 g/mol. The van der Waals surface area contributed by atoms with Crippen LogP contribution in [0.25, 0.3) is 0 Å². The Morgan fingerprint density at radius 3 is 2.50 bits per heavy atom. The molecule has 5 heteroatoms. The summed E-state index contributed by atoms with van der Waals surface area (Å²) >= 11 is 0. The molecule has 0 atom stereocenters. The van der Waals surface area contributed by atoms with Crippen LogP contribution in [0.15, 0.2) is 47.6 Å². The first-order chi connectivity index (χ1) is 7.45. The number of likely N-dealkylation sites (N-methyl/N-ethyl adjacent to an activating group) is 1. The Bertz CT molecular complexity index is 400. The molecule has 1 N–H and O–H groups in total. The molecule has 0 fully saturated rings. The zero-order valence-corrected chi connectivity index (χ0v) is 8.51. The van der Waals surface area contributed by atoms with Crippen molar-refractivity contribution in [3.8, 4) is 0 Å². The summed E-state index contributed by atoms with van der Waals surface area (Å²) in [4.78, 5) is 11.3. The van der Waals surface area contributed by atoms with E-state index in [0.29, 0.717) is 0 Å². The van der Waals surface area contributed by atoms with E-state index >= 15 is 0 Å². The Morgan fingerprint density at radius 2 is 1.94 bits per heavy atom. The quantitative estimate of drug-likeness (QED) is 0.734. The van der Waals surface area contributed by atoms with Crippen LogP contribution >= 0.6 is 0 Å². The highest BCUT2D eigenvalue weighted by Crippen LogP contribution is 2.28. The van der Waals surface area contributed by atoms with Gasteiger partial charge in [0.1, 0.15) is 0 Å². The third-order valence-corrected chi connectivity index (χ3v) is 1.90. The van der Waals surface area contributed by atoms with E-state index < -0.39 is 17.7 Å². The number of hydrogen-bond donors (Lipinski definition) is 1. The summed E-state index contributed by atoms with van der Waals surface area (Å²) < 4.78 is 37.5. The molecule has 0 saturated carbocycles. The second kappa shape index (κ2) is 4.83. The first-order valence-electron chi connectivity index (χ1n) is 4.51. The van der Waals surface area contributed by atoms with E-state index in [2.05, 4.69) is 5.32 Å². The Morgan fingerprint density at radius 1 is 1.25 bits per heavy atom. The molecular weight excluding hydrogens is 219 g/mol. The highest BCUT2D eigenvalue weighted by atomic mass is 19.4. The minimum absolute atomic E-state index is 0.0320. The molecule has 16 heavy (non-hydrogen) atoms. The average molecular weight is 229 g/mol.